The molecule has 0 bridgehead atoms. The number of phosphoric acid groups is 1. The van der Waals surface area contributed by atoms with Crippen LogP contribution in [0.5, 0.6) is 0 Å². The van der Waals surface area contributed by atoms with Gasteiger partial charge in [0, 0.05) is 19.3 Å². The summed E-state index contributed by atoms with van der Waals surface area (Å²) in [6.07, 6.45) is 76.5. The highest BCUT2D eigenvalue weighted by molar-refractivity contribution is 7.47. The van der Waals surface area contributed by atoms with Crippen molar-refractivity contribution < 1.29 is 52.2 Å². The number of aliphatic hydroxyl groups is 1. The van der Waals surface area contributed by atoms with Gasteiger partial charge in [-0.25, -0.2) is 4.57 Å². The number of carbonyl (C=O) groups is 3. The van der Waals surface area contributed by atoms with Crippen LogP contribution in [-0.4, -0.2) is 66.5 Å². The van der Waals surface area contributed by atoms with Gasteiger partial charge in [0.15, 0.2) is 6.10 Å². The van der Waals surface area contributed by atoms with Crippen LogP contribution >= 0.6 is 7.82 Å². The third-order valence-electron chi connectivity index (χ3n) is 14.0. The van der Waals surface area contributed by atoms with Gasteiger partial charge in [-0.2, -0.15) is 0 Å². The molecule has 2 N–H and O–H groups in total. The van der Waals surface area contributed by atoms with E-state index in [9.17, 15) is 28.9 Å². The molecule has 11 nitrogen and oxygen atoms in total. The van der Waals surface area contributed by atoms with E-state index >= 15 is 0 Å². The smallest absolute Gasteiger partial charge is 0.462 e. The lowest BCUT2D eigenvalue weighted by molar-refractivity contribution is -0.161. The number of ether oxygens (including phenoxy) is 3. The van der Waals surface area contributed by atoms with Gasteiger partial charge in [-0.3, -0.25) is 23.4 Å². The molecule has 12 heteroatoms. The summed E-state index contributed by atoms with van der Waals surface area (Å²) in [4.78, 5) is 48.8. The first kappa shape index (κ1) is 78.4. The molecule has 0 saturated carbocycles. The Labute approximate surface area is 502 Å². The highest BCUT2D eigenvalue weighted by Gasteiger charge is 2.28. The normalized spacial score (nSPS) is 13.9. The zero-order valence-electron chi connectivity index (χ0n) is 52.4. The fourth-order valence-corrected chi connectivity index (χ4v) is 9.73. The van der Waals surface area contributed by atoms with Crippen molar-refractivity contribution >= 4 is 25.7 Å². The van der Waals surface area contributed by atoms with E-state index in [2.05, 4.69) is 106 Å². The van der Waals surface area contributed by atoms with Gasteiger partial charge in [0.2, 0.25) is 0 Å². The van der Waals surface area contributed by atoms with Gasteiger partial charge >= 0.3 is 25.7 Å². The van der Waals surface area contributed by atoms with Crippen molar-refractivity contribution in [2.45, 2.75) is 303 Å². The van der Waals surface area contributed by atoms with Gasteiger partial charge in [-0.05, 0) is 116 Å². The van der Waals surface area contributed by atoms with Crippen LogP contribution in [0.3, 0.4) is 0 Å². The van der Waals surface area contributed by atoms with Gasteiger partial charge in [0.25, 0.3) is 0 Å². The van der Waals surface area contributed by atoms with Crippen molar-refractivity contribution in [2.75, 3.05) is 26.4 Å². The third kappa shape index (κ3) is 61.0. The lowest BCUT2D eigenvalue weighted by Crippen LogP contribution is -2.30. The second-order valence-corrected chi connectivity index (χ2v) is 23.3. The zero-order chi connectivity index (χ0) is 59.8. The predicted molar refractivity (Wildman–Crippen MR) is 344 cm³/mol. The monoisotopic (exact) mass is 1170 g/mol. The number of allylic oxidation sites excluding steroid dienone is 16. The first-order chi connectivity index (χ1) is 40.2. The Morgan fingerprint density at radius 3 is 1.06 bits per heavy atom. The first-order valence-corrected chi connectivity index (χ1v) is 34.6. The molecule has 0 aliphatic carbocycles. The number of esters is 3. The molecule has 82 heavy (non-hydrogen) atoms. The molecular weight excluding hydrogens is 1050 g/mol. The molecule has 0 spiro atoms. The molecule has 3 unspecified atom stereocenters. The summed E-state index contributed by atoms with van der Waals surface area (Å²) in [5, 5.41) is 9.85. The third-order valence-corrected chi connectivity index (χ3v) is 14.9. The van der Waals surface area contributed by atoms with Gasteiger partial charge in [-0.1, -0.05) is 253 Å². The molecule has 0 aromatic rings. The maximum atomic E-state index is 13.0. The van der Waals surface area contributed by atoms with Crippen LogP contribution in [0, 0.1) is 0 Å². The van der Waals surface area contributed by atoms with E-state index in [-0.39, 0.29) is 25.9 Å². The number of phosphoric ester groups is 1. The van der Waals surface area contributed by atoms with Crippen molar-refractivity contribution in [1.29, 1.82) is 0 Å². The van der Waals surface area contributed by atoms with Crippen molar-refractivity contribution in [3.8, 4) is 0 Å². The maximum absolute atomic E-state index is 13.0. The number of hydrogen-bond donors (Lipinski definition) is 2. The minimum Gasteiger partial charge on any atom is -0.462 e. The number of carbonyl (C=O) groups excluding carboxylic acids is 3. The second-order valence-electron chi connectivity index (χ2n) is 21.9. The molecule has 0 amide bonds. The molecule has 0 aliphatic heterocycles. The Balaban J connectivity index is 4.76. The van der Waals surface area contributed by atoms with E-state index in [1.54, 1.807) is 0 Å². The molecule has 0 saturated heterocycles. The van der Waals surface area contributed by atoms with Crippen LogP contribution in [0.1, 0.15) is 290 Å². The quantitative estimate of drug-likeness (QED) is 0.0197. The zero-order valence-corrected chi connectivity index (χ0v) is 53.3. The minimum absolute atomic E-state index is 0.0956. The van der Waals surface area contributed by atoms with Crippen LogP contribution in [0.15, 0.2) is 97.2 Å². The van der Waals surface area contributed by atoms with Crippen molar-refractivity contribution in [2.24, 2.45) is 0 Å². The maximum Gasteiger partial charge on any atom is 0.472 e. The Kier molecular flexibility index (Phi) is 60.6. The van der Waals surface area contributed by atoms with Gasteiger partial charge in [0.05, 0.1) is 19.8 Å². The summed E-state index contributed by atoms with van der Waals surface area (Å²) >= 11 is 0. The topological polar surface area (TPSA) is 155 Å². The van der Waals surface area contributed by atoms with E-state index in [0.29, 0.717) is 25.7 Å². The summed E-state index contributed by atoms with van der Waals surface area (Å²) in [6, 6.07) is 0. The Hall–Kier alpha value is -3.60. The number of hydrogen-bond acceptors (Lipinski definition) is 10. The number of unbranched alkanes of at least 4 members (excludes halogenated alkanes) is 28. The average molecular weight is 1170 g/mol. The first-order valence-electron chi connectivity index (χ1n) is 33.1. The molecule has 0 aromatic heterocycles. The largest absolute Gasteiger partial charge is 0.472 e. The Morgan fingerprint density at radius 1 is 0.354 bits per heavy atom. The molecule has 0 radical (unpaired) electrons. The van der Waals surface area contributed by atoms with E-state index in [0.717, 1.165) is 83.5 Å². The van der Waals surface area contributed by atoms with Crippen molar-refractivity contribution in [3.63, 3.8) is 0 Å². The molecule has 0 rings (SSSR count). The standard InChI is InChI=1S/C70H121O11P/c1-4-7-10-13-16-19-22-25-28-31-33-36-38-41-44-47-50-53-56-59-68(72)77-63-67(81-70(74)61-58-55-52-49-46-43-40-37-34-32-29-26-23-20-17-14-11-8-5-2)65-79-82(75,76)78-64-66(62-71)80-69(73)60-57-54-51-48-45-42-39-35-30-27-24-21-18-15-12-9-6-3/h9,12,17-18,20-21,25-30,39,42,48,51,66-67,71H,4-8,10-11,13-16,19,22-24,31-38,40-41,43-47,49-50,52-65H2,1-3H3,(H,75,76)/b12-9-,20-17-,21-18-,28-25-,29-26-,30-27-,42-39-,51-48-. The highest BCUT2D eigenvalue weighted by Crippen LogP contribution is 2.43. The van der Waals surface area contributed by atoms with Gasteiger partial charge in [0.1, 0.15) is 12.7 Å². The van der Waals surface area contributed by atoms with Gasteiger partial charge in [-0.15, -0.1) is 0 Å². The van der Waals surface area contributed by atoms with Crippen molar-refractivity contribution in [1.82, 2.24) is 0 Å². The highest BCUT2D eigenvalue weighted by atomic mass is 31.2. The summed E-state index contributed by atoms with van der Waals surface area (Å²) in [7, 11) is -4.78. The number of rotatable bonds is 61. The molecule has 0 heterocycles. The van der Waals surface area contributed by atoms with Crippen LogP contribution in [0.4, 0.5) is 0 Å². The van der Waals surface area contributed by atoms with Gasteiger partial charge < -0.3 is 24.2 Å². The minimum atomic E-state index is -4.78. The summed E-state index contributed by atoms with van der Waals surface area (Å²) in [5.41, 5.74) is 0. The summed E-state index contributed by atoms with van der Waals surface area (Å²) in [6.45, 7) is 4.47. The molecule has 472 valence electrons. The Morgan fingerprint density at radius 2 is 0.646 bits per heavy atom. The number of aliphatic hydroxyl groups excluding tert-OH is 1. The molecule has 0 aliphatic rings. The van der Waals surface area contributed by atoms with E-state index < -0.39 is 57.8 Å². The van der Waals surface area contributed by atoms with E-state index in [1.165, 1.54) is 141 Å². The fourth-order valence-electron chi connectivity index (χ4n) is 8.95. The average Bonchev–Trinajstić information content (AvgIpc) is 3.49. The molecule has 0 fully saturated rings. The summed E-state index contributed by atoms with van der Waals surface area (Å²) < 4.78 is 39.7. The van der Waals surface area contributed by atoms with Crippen LogP contribution in [0.25, 0.3) is 0 Å². The van der Waals surface area contributed by atoms with Crippen molar-refractivity contribution in [3.05, 3.63) is 97.2 Å². The molecule has 3 atom stereocenters. The Bertz CT molecular complexity index is 1750. The van der Waals surface area contributed by atoms with E-state index in [1.807, 2.05) is 12.2 Å². The molecular formula is C70H121O11P. The predicted octanol–water partition coefficient (Wildman–Crippen LogP) is 20.4. The molecule has 0 aromatic carbocycles. The van der Waals surface area contributed by atoms with Crippen LogP contribution in [0.2, 0.25) is 0 Å². The lowest BCUT2D eigenvalue weighted by Gasteiger charge is -2.21. The lowest BCUT2D eigenvalue weighted by atomic mass is 10.1. The second kappa shape index (κ2) is 63.4. The van der Waals surface area contributed by atoms with E-state index in [4.69, 9.17) is 23.3 Å². The summed E-state index contributed by atoms with van der Waals surface area (Å²) in [5.74, 6) is -1.53. The van der Waals surface area contributed by atoms with Crippen LogP contribution < -0.4 is 0 Å². The van der Waals surface area contributed by atoms with Crippen LogP contribution in [-0.2, 0) is 42.2 Å². The SMILES string of the molecule is CC/C=C\C/C=C\C/C=C\C/C=C\C/C=C\CCCC(=O)OC(CO)COP(=O)(O)OCC(COC(=O)CCCCCCCCCCC/C=C\CCCCCCCC)OC(=O)CCCCCCCCCCC/C=C\C/C=C\CCCCC. The fraction of sp³-hybridized carbons (Fsp3) is 0.729.